The van der Waals surface area contributed by atoms with Crippen molar-refractivity contribution in [2.45, 2.75) is 30.7 Å². The maximum Gasteiger partial charge on any atom is 0.188 e. The van der Waals surface area contributed by atoms with Gasteiger partial charge in [0.1, 0.15) is 6.33 Å². The molecule has 3 nitrogen and oxygen atoms in total. The number of aromatic amines is 1. The van der Waals surface area contributed by atoms with E-state index in [2.05, 4.69) is 36.0 Å². The van der Waals surface area contributed by atoms with Gasteiger partial charge in [-0.05, 0) is 0 Å². The number of hydrogen-bond acceptors (Lipinski definition) is 3. The Morgan fingerprint density at radius 1 is 1.50 bits per heavy atom. The molecule has 1 aromatic heterocycles. The van der Waals surface area contributed by atoms with E-state index in [1.54, 1.807) is 18.1 Å². The van der Waals surface area contributed by atoms with E-state index in [1.807, 2.05) is 0 Å². The molecule has 0 unspecified atom stereocenters. The SMILES string of the molecule is CC(C)(C)Sc1nnc[nH]1. The lowest BCUT2D eigenvalue weighted by atomic mass is 10.3. The van der Waals surface area contributed by atoms with Crippen LogP contribution < -0.4 is 0 Å². The van der Waals surface area contributed by atoms with Crippen molar-refractivity contribution in [3.05, 3.63) is 6.33 Å². The maximum atomic E-state index is 3.86. The Kier molecular flexibility index (Phi) is 1.99. The van der Waals surface area contributed by atoms with Crippen molar-refractivity contribution in [2.24, 2.45) is 0 Å². The highest BCUT2D eigenvalue weighted by molar-refractivity contribution is 8.00. The normalized spacial score (nSPS) is 11.9. The van der Waals surface area contributed by atoms with Gasteiger partial charge in [-0.1, -0.05) is 32.5 Å². The molecule has 0 aliphatic rings. The van der Waals surface area contributed by atoms with Crippen LogP contribution in [0.1, 0.15) is 20.8 Å². The number of hydrogen-bond donors (Lipinski definition) is 1. The van der Waals surface area contributed by atoms with Crippen LogP contribution in [0.15, 0.2) is 11.5 Å². The van der Waals surface area contributed by atoms with Gasteiger partial charge in [-0.2, -0.15) is 0 Å². The lowest BCUT2D eigenvalue weighted by Gasteiger charge is -2.13. The van der Waals surface area contributed by atoms with Crippen molar-refractivity contribution < 1.29 is 0 Å². The molecule has 0 atom stereocenters. The standard InChI is InChI=1S/C6H11N3S/c1-6(2,3)10-5-7-4-8-9-5/h4H,1-3H3,(H,7,8,9). The number of thioether (sulfide) groups is 1. The van der Waals surface area contributed by atoms with Crippen LogP contribution in [0.4, 0.5) is 0 Å². The molecule has 1 N–H and O–H groups in total. The van der Waals surface area contributed by atoms with Crippen molar-refractivity contribution in [1.29, 1.82) is 0 Å². The lowest BCUT2D eigenvalue weighted by Crippen LogP contribution is -2.07. The number of rotatable bonds is 1. The van der Waals surface area contributed by atoms with E-state index < -0.39 is 0 Å². The summed E-state index contributed by atoms with van der Waals surface area (Å²) in [5.74, 6) is 0. The van der Waals surface area contributed by atoms with E-state index in [0.717, 1.165) is 5.16 Å². The van der Waals surface area contributed by atoms with Crippen molar-refractivity contribution in [2.75, 3.05) is 0 Å². The molecule has 0 fully saturated rings. The zero-order chi connectivity index (χ0) is 7.61. The second kappa shape index (κ2) is 2.62. The van der Waals surface area contributed by atoms with Crippen molar-refractivity contribution in [3.8, 4) is 0 Å². The van der Waals surface area contributed by atoms with Crippen molar-refractivity contribution in [1.82, 2.24) is 15.2 Å². The number of aromatic nitrogens is 3. The Bertz CT molecular complexity index is 187. The first kappa shape index (κ1) is 7.60. The first-order chi connectivity index (χ1) is 4.58. The van der Waals surface area contributed by atoms with Crippen LogP contribution in [-0.4, -0.2) is 19.9 Å². The van der Waals surface area contributed by atoms with Gasteiger partial charge in [0.15, 0.2) is 5.16 Å². The fourth-order valence-corrected chi connectivity index (χ4v) is 1.31. The summed E-state index contributed by atoms with van der Waals surface area (Å²) in [6.45, 7) is 6.42. The predicted octanol–water partition coefficient (Wildman–Crippen LogP) is 1.70. The van der Waals surface area contributed by atoms with E-state index >= 15 is 0 Å². The van der Waals surface area contributed by atoms with Crippen molar-refractivity contribution >= 4 is 11.8 Å². The second-order valence-corrected chi connectivity index (χ2v) is 4.82. The molecule has 0 aromatic carbocycles. The molecule has 0 saturated carbocycles. The Labute approximate surface area is 64.6 Å². The smallest absolute Gasteiger partial charge is 0.188 e. The Balaban J connectivity index is 2.57. The van der Waals surface area contributed by atoms with Crippen LogP contribution in [0.5, 0.6) is 0 Å². The summed E-state index contributed by atoms with van der Waals surface area (Å²) >= 11 is 1.68. The van der Waals surface area contributed by atoms with Gasteiger partial charge in [-0.15, -0.1) is 10.2 Å². The maximum absolute atomic E-state index is 3.86. The Morgan fingerprint density at radius 3 is 2.60 bits per heavy atom. The third-order valence-corrected chi connectivity index (χ3v) is 1.80. The number of nitrogens with zero attached hydrogens (tertiary/aromatic N) is 2. The molecule has 0 amide bonds. The van der Waals surface area contributed by atoms with Gasteiger partial charge in [0.2, 0.25) is 0 Å². The number of H-pyrrole nitrogens is 1. The fourth-order valence-electron chi connectivity index (χ4n) is 0.534. The summed E-state index contributed by atoms with van der Waals surface area (Å²) in [4.78, 5) is 2.93. The average molecular weight is 157 g/mol. The van der Waals surface area contributed by atoms with Gasteiger partial charge in [0.25, 0.3) is 0 Å². The minimum absolute atomic E-state index is 0.208. The molecular weight excluding hydrogens is 146 g/mol. The lowest BCUT2D eigenvalue weighted by molar-refractivity contribution is 0.793. The number of nitrogens with one attached hydrogen (secondary N) is 1. The van der Waals surface area contributed by atoms with Crippen molar-refractivity contribution in [3.63, 3.8) is 0 Å². The third kappa shape index (κ3) is 2.39. The van der Waals surface area contributed by atoms with Gasteiger partial charge in [-0.25, -0.2) is 0 Å². The summed E-state index contributed by atoms with van der Waals surface area (Å²) in [5, 5.41) is 8.42. The van der Waals surface area contributed by atoms with Crippen LogP contribution in [0.2, 0.25) is 0 Å². The van der Waals surface area contributed by atoms with Crippen LogP contribution >= 0.6 is 11.8 Å². The molecule has 56 valence electrons. The molecule has 0 spiro atoms. The summed E-state index contributed by atoms with van der Waals surface area (Å²) in [6.07, 6.45) is 1.59. The third-order valence-electron chi connectivity index (χ3n) is 0.797. The average Bonchev–Trinajstić information content (AvgIpc) is 2.12. The molecule has 0 aliphatic heterocycles. The van der Waals surface area contributed by atoms with Crippen LogP contribution in [0, 0.1) is 0 Å². The van der Waals surface area contributed by atoms with E-state index in [-0.39, 0.29) is 4.75 Å². The Morgan fingerprint density at radius 2 is 2.20 bits per heavy atom. The minimum atomic E-state index is 0.208. The van der Waals surface area contributed by atoms with Crippen LogP contribution in [-0.2, 0) is 0 Å². The largest absolute Gasteiger partial charge is 0.323 e. The quantitative estimate of drug-likeness (QED) is 0.631. The monoisotopic (exact) mass is 157 g/mol. The first-order valence-electron chi connectivity index (χ1n) is 3.13. The second-order valence-electron chi connectivity index (χ2n) is 3.01. The zero-order valence-electron chi connectivity index (χ0n) is 6.38. The molecule has 0 radical (unpaired) electrons. The Hall–Kier alpha value is -0.510. The molecule has 10 heavy (non-hydrogen) atoms. The van der Waals surface area contributed by atoms with Gasteiger partial charge >= 0.3 is 0 Å². The molecule has 1 rings (SSSR count). The van der Waals surface area contributed by atoms with E-state index in [4.69, 9.17) is 0 Å². The van der Waals surface area contributed by atoms with Gasteiger partial charge in [0, 0.05) is 4.75 Å². The van der Waals surface area contributed by atoms with Crippen LogP contribution in [0.25, 0.3) is 0 Å². The van der Waals surface area contributed by atoms with Gasteiger partial charge in [-0.3, -0.25) is 0 Å². The highest BCUT2D eigenvalue weighted by Crippen LogP contribution is 2.27. The predicted molar refractivity (Wildman–Crippen MR) is 42.0 cm³/mol. The highest BCUT2D eigenvalue weighted by atomic mass is 32.2. The molecule has 0 bridgehead atoms. The van der Waals surface area contributed by atoms with Crippen LogP contribution in [0.3, 0.4) is 0 Å². The molecule has 4 heteroatoms. The summed E-state index contributed by atoms with van der Waals surface area (Å²) in [6, 6.07) is 0. The summed E-state index contributed by atoms with van der Waals surface area (Å²) < 4.78 is 0.208. The van der Waals surface area contributed by atoms with Gasteiger partial charge < -0.3 is 4.98 Å². The molecule has 0 saturated heterocycles. The van der Waals surface area contributed by atoms with E-state index in [9.17, 15) is 0 Å². The topological polar surface area (TPSA) is 41.6 Å². The van der Waals surface area contributed by atoms with E-state index in [1.165, 1.54) is 0 Å². The minimum Gasteiger partial charge on any atom is -0.323 e. The first-order valence-corrected chi connectivity index (χ1v) is 3.95. The molecule has 0 aliphatic carbocycles. The fraction of sp³-hybridized carbons (Fsp3) is 0.667. The summed E-state index contributed by atoms with van der Waals surface area (Å²) in [5.41, 5.74) is 0. The zero-order valence-corrected chi connectivity index (χ0v) is 7.20. The van der Waals surface area contributed by atoms with Gasteiger partial charge in [0.05, 0.1) is 0 Å². The summed E-state index contributed by atoms with van der Waals surface area (Å²) in [7, 11) is 0. The molecule has 1 aromatic rings. The molecule has 1 heterocycles. The van der Waals surface area contributed by atoms with E-state index in [0.29, 0.717) is 0 Å². The highest BCUT2D eigenvalue weighted by Gasteiger charge is 2.13. The molecular formula is C6H11N3S.